The molecule has 0 aromatic heterocycles. The van der Waals surface area contributed by atoms with Crippen LogP contribution in [-0.4, -0.2) is 45.2 Å². The van der Waals surface area contributed by atoms with Gasteiger partial charge in [0.1, 0.15) is 0 Å². The first-order valence-corrected chi connectivity index (χ1v) is 8.36. The molecule has 1 aromatic carbocycles. The van der Waals surface area contributed by atoms with Gasteiger partial charge >= 0.3 is 0 Å². The van der Waals surface area contributed by atoms with Crippen molar-refractivity contribution in [2.24, 2.45) is 5.92 Å². The number of hydrogen-bond donors (Lipinski definition) is 1. The van der Waals surface area contributed by atoms with Gasteiger partial charge in [0.25, 0.3) is 0 Å². The number of rotatable bonds is 7. The van der Waals surface area contributed by atoms with Crippen molar-refractivity contribution in [2.75, 3.05) is 45.2 Å². The quantitative estimate of drug-likeness (QED) is 0.780. The number of likely N-dealkylation sites (tertiary alicyclic amines) is 1. The first-order chi connectivity index (χ1) is 10.1. The molecule has 1 saturated heterocycles. The van der Waals surface area contributed by atoms with E-state index in [2.05, 4.69) is 48.3 Å². The lowest BCUT2D eigenvalue weighted by Crippen LogP contribution is -2.28. The molecule has 3 nitrogen and oxygen atoms in total. The fourth-order valence-electron chi connectivity index (χ4n) is 3.10. The maximum absolute atomic E-state index is 6.21. The Morgan fingerprint density at radius 2 is 2.24 bits per heavy atom. The minimum atomic E-state index is 0.760. The predicted molar refractivity (Wildman–Crippen MR) is 92.3 cm³/mol. The van der Waals surface area contributed by atoms with Gasteiger partial charge in [0.2, 0.25) is 0 Å². The Balaban J connectivity index is 2.03. The highest BCUT2D eigenvalue weighted by Gasteiger charge is 2.21. The molecule has 1 unspecified atom stereocenters. The van der Waals surface area contributed by atoms with Crippen molar-refractivity contribution in [3.05, 3.63) is 28.8 Å². The van der Waals surface area contributed by atoms with Crippen molar-refractivity contribution in [1.82, 2.24) is 10.2 Å². The van der Waals surface area contributed by atoms with Crippen LogP contribution in [0.3, 0.4) is 0 Å². The molecule has 4 heteroatoms. The van der Waals surface area contributed by atoms with E-state index in [9.17, 15) is 0 Å². The molecule has 1 fully saturated rings. The van der Waals surface area contributed by atoms with E-state index < -0.39 is 0 Å². The molecule has 1 heterocycles. The van der Waals surface area contributed by atoms with Crippen molar-refractivity contribution < 1.29 is 0 Å². The van der Waals surface area contributed by atoms with Crippen LogP contribution < -0.4 is 10.2 Å². The van der Waals surface area contributed by atoms with Gasteiger partial charge in [-0.15, -0.1) is 0 Å². The van der Waals surface area contributed by atoms with E-state index in [0.29, 0.717) is 0 Å². The molecular weight excluding hydrogens is 282 g/mol. The highest BCUT2D eigenvalue weighted by Crippen LogP contribution is 2.26. The number of hydrogen-bond acceptors (Lipinski definition) is 3. The molecule has 1 aromatic rings. The van der Waals surface area contributed by atoms with Gasteiger partial charge in [-0.1, -0.05) is 24.6 Å². The van der Waals surface area contributed by atoms with Gasteiger partial charge in [0.15, 0.2) is 0 Å². The van der Waals surface area contributed by atoms with Gasteiger partial charge in [0.05, 0.1) is 0 Å². The number of nitrogens with zero attached hydrogens (tertiary/aromatic N) is 2. The smallest absolute Gasteiger partial charge is 0.0426 e. The number of anilines is 1. The zero-order valence-electron chi connectivity index (χ0n) is 13.5. The van der Waals surface area contributed by atoms with Crippen molar-refractivity contribution in [3.63, 3.8) is 0 Å². The highest BCUT2D eigenvalue weighted by atomic mass is 35.5. The first-order valence-electron chi connectivity index (χ1n) is 7.99. The second kappa shape index (κ2) is 8.02. The van der Waals surface area contributed by atoms with Crippen LogP contribution in [0, 0.1) is 5.92 Å². The SMILES string of the molecule is CCCNCc1ccc(Cl)cc1N(C)CC1CCN(C)C1. The Morgan fingerprint density at radius 3 is 2.90 bits per heavy atom. The zero-order valence-corrected chi connectivity index (χ0v) is 14.3. The van der Waals surface area contributed by atoms with Crippen LogP contribution in [0.15, 0.2) is 18.2 Å². The van der Waals surface area contributed by atoms with E-state index in [4.69, 9.17) is 11.6 Å². The van der Waals surface area contributed by atoms with Crippen molar-refractivity contribution >= 4 is 17.3 Å². The average molecular weight is 310 g/mol. The van der Waals surface area contributed by atoms with Crippen LogP contribution in [0.25, 0.3) is 0 Å². The lowest BCUT2D eigenvalue weighted by Gasteiger charge is -2.26. The molecule has 21 heavy (non-hydrogen) atoms. The number of halogens is 1. The lowest BCUT2D eigenvalue weighted by atomic mass is 10.1. The van der Waals surface area contributed by atoms with Crippen molar-refractivity contribution in [1.29, 1.82) is 0 Å². The van der Waals surface area contributed by atoms with Crippen LogP contribution in [0.2, 0.25) is 5.02 Å². The summed E-state index contributed by atoms with van der Waals surface area (Å²) in [4.78, 5) is 4.79. The fraction of sp³-hybridized carbons (Fsp3) is 0.647. The third kappa shape index (κ3) is 4.87. The summed E-state index contributed by atoms with van der Waals surface area (Å²) in [5, 5.41) is 4.31. The summed E-state index contributed by atoms with van der Waals surface area (Å²) in [5.74, 6) is 0.760. The van der Waals surface area contributed by atoms with E-state index in [1.165, 1.54) is 30.8 Å². The average Bonchev–Trinajstić information content (AvgIpc) is 2.86. The van der Waals surface area contributed by atoms with E-state index in [1.54, 1.807) is 0 Å². The third-order valence-corrected chi connectivity index (χ3v) is 4.46. The molecule has 118 valence electrons. The normalized spacial score (nSPS) is 19.1. The summed E-state index contributed by atoms with van der Waals surface area (Å²) in [6.07, 6.45) is 2.46. The van der Waals surface area contributed by atoms with E-state index in [-0.39, 0.29) is 0 Å². The fourth-order valence-corrected chi connectivity index (χ4v) is 3.27. The second-order valence-electron chi connectivity index (χ2n) is 6.25. The monoisotopic (exact) mass is 309 g/mol. The van der Waals surface area contributed by atoms with Crippen LogP contribution in [0.1, 0.15) is 25.3 Å². The van der Waals surface area contributed by atoms with Gasteiger partial charge in [0, 0.05) is 37.4 Å². The van der Waals surface area contributed by atoms with Crippen molar-refractivity contribution in [3.8, 4) is 0 Å². The first kappa shape index (κ1) is 16.6. The number of nitrogens with one attached hydrogen (secondary N) is 1. The molecule has 1 N–H and O–H groups in total. The van der Waals surface area contributed by atoms with E-state index in [1.807, 2.05) is 6.07 Å². The van der Waals surface area contributed by atoms with Gasteiger partial charge < -0.3 is 15.1 Å². The van der Waals surface area contributed by atoms with Crippen LogP contribution in [0.5, 0.6) is 0 Å². The van der Waals surface area contributed by atoms with Crippen LogP contribution in [-0.2, 0) is 6.54 Å². The molecule has 0 spiro atoms. The van der Waals surface area contributed by atoms with Gasteiger partial charge in [-0.05, 0) is 56.6 Å². The molecule has 1 atom stereocenters. The Kier molecular flexibility index (Phi) is 6.34. The minimum Gasteiger partial charge on any atom is -0.374 e. The van der Waals surface area contributed by atoms with Crippen LogP contribution >= 0.6 is 11.6 Å². The van der Waals surface area contributed by atoms with Gasteiger partial charge in [-0.25, -0.2) is 0 Å². The maximum atomic E-state index is 6.21. The molecule has 0 saturated carbocycles. The molecule has 1 aliphatic rings. The predicted octanol–water partition coefficient (Wildman–Crippen LogP) is 3.23. The highest BCUT2D eigenvalue weighted by molar-refractivity contribution is 6.30. The molecular formula is C17H28ClN3. The molecule has 1 aliphatic heterocycles. The Bertz CT molecular complexity index is 450. The summed E-state index contributed by atoms with van der Waals surface area (Å²) >= 11 is 6.21. The topological polar surface area (TPSA) is 18.5 Å². The molecule has 0 radical (unpaired) electrons. The van der Waals surface area contributed by atoms with Crippen molar-refractivity contribution in [2.45, 2.75) is 26.3 Å². The second-order valence-corrected chi connectivity index (χ2v) is 6.68. The molecule has 0 bridgehead atoms. The lowest BCUT2D eigenvalue weighted by molar-refractivity contribution is 0.396. The summed E-state index contributed by atoms with van der Waals surface area (Å²) in [5.41, 5.74) is 2.60. The zero-order chi connectivity index (χ0) is 15.2. The summed E-state index contributed by atoms with van der Waals surface area (Å²) in [7, 11) is 4.40. The van der Waals surface area contributed by atoms with E-state index >= 15 is 0 Å². The standard InChI is InChI=1S/C17H28ClN3/c1-4-8-19-11-15-5-6-16(18)10-17(15)21(3)13-14-7-9-20(2)12-14/h5-6,10,14,19H,4,7-9,11-13H2,1-3H3. The third-order valence-electron chi connectivity index (χ3n) is 4.22. The number of benzene rings is 1. The molecule has 0 amide bonds. The minimum absolute atomic E-state index is 0.760. The summed E-state index contributed by atoms with van der Waals surface area (Å²) in [6, 6.07) is 6.24. The Hall–Kier alpha value is -0.770. The summed E-state index contributed by atoms with van der Waals surface area (Å²) in [6.45, 7) is 7.69. The molecule has 0 aliphatic carbocycles. The maximum Gasteiger partial charge on any atom is 0.0426 e. The van der Waals surface area contributed by atoms with Gasteiger partial charge in [-0.3, -0.25) is 0 Å². The molecule has 2 rings (SSSR count). The van der Waals surface area contributed by atoms with Crippen LogP contribution in [0.4, 0.5) is 5.69 Å². The largest absolute Gasteiger partial charge is 0.374 e. The summed E-state index contributed by atoms with van der Waals surface area (Å²) < 4.78 is 0. The Labute approximate surface area is 134 Å². The van der Waals surface area contributed by atoms with E-state index in [0.717, 1.165) is 37.0 Å². The Morgan fingerprint density at radius 1 is 1.43 bits per heavy atom. The van der Waals surface area contributed by atoms with Gasteiger partial charge in [-0.2, -0.15) is 0 Å².